The molecule has 2 amide bonds. The molecule has 6 nitrogen and oxygen atoms in total. The second-order valence-electron chi connectivity index (χ2n) is 5.93. The second-order valence-corrected chi connectivity index (χ2v) is 6.37. The first-order chi connectivity index (χ1) is 12.5. The van der Waals surface area contributed by atoms with Crippen molar-refractivity contribution in [3.63, 3.8) is 0 Å². The molecular formula is C19H23ClN2O4. The molecule has 1 N–H and O–H groups in total. The van der Waals surface area contributed by atoms with E-state index in [1.54, 1.807) is 29.2 Å². The van der Waals surface area contributed by atoms with Crippen molar-refractivity contribution in [1.29, 1.82) is 0 Å². The third-order valence-corrected chi connectivity index (χ3v) is 4.34. The van der Waals surface area contributed by atoms with Gasteiger partial charge in [-0.25, -0.2) is 0 Å². The first-order valence-electron chi connectivity index (χ1n) is 8.70. The molecule has 1 aromatic carbocycles. The minimum atomic E-state index is -0.658. The van der Waals surface area contributed by atoms with E-state index < -0.39 is 11.9 Å². The number of nitrogens with one attached hydrogen (secondary N) is 1. The summed E-state index contributed by atoms with van der Waals surface area (Å²) in [5, 5.41) is 2.98. The molecule has 0 bridgehead atoms. The number of ether oxygens (including phenoxy) is 1. The Hall–Kier alpha value is -2.34. The predicted octanol–water partition coefficient (Wildman–Crippen LogP) is 2.92. The van der Waals surface area contributed by atoms with Gasteiger partial charge >= 0.3 is 5.97 Å². The summed E-state index contributed by atoms with van der Waals surface area (Å²) in [4.78, 5) is 37.6. The lowest BCUT2D eigenvalue weighted by atomic mass is 10.0. The number of carbonyl (C=O) groups excluding carboxylic acids is 3. The Kier molecular flexibility index (Phi) is 7.66. The van der Waals surface area contributed by atoms with E-state index in [1.807, 2.05) is 6.92 Å². The predicted molar refractivity (Wildman–Crippen MR) is 98.7 cm³/mol. The van der Waals surface area contributed by atoms with Gasteiger partial charge < -0.3 is 15.0 Å². The van der Waals surface area contributed by atoms with Crippen LogP contribution in [-0.2, 0) is 14.3 Å². The third kappa shape index (κ3) is 5.88. The number of allylic oxidation sites excluding steroid dienone is 2. The zero-order chi connectivity index (χ0) is 18.9. The van der Waals surface area contributed by atoms with Crippen molar-refractivity contribution < 1.29 is 19.1 Å². The number of amides is 2. The number of benzene rings is 1. The summed E-state index contributed by atoms with van der Waals surface area (Å²) in [5.74, 6) is -1.32. The lowest BCUT2D eigenvalue weighted by Gasteiger charge is -2.26. The molecule has 0 radical (unpaired) electrons. The van der Waals surface area contributed by atoms with Crippen LogP contribution in [0.4, 0.5) is 0 Å². The Balaban J connectivity index is 1.76. The smallest absolute Gasteiger partial charge is 0.325 e. The van der Waals surface area contributed by atoms with Crippen LogP contribution in [0.1, 0.15) is 43.0 Å². The van der Waals surface area contributed by atoms with E-state index in [0.29, 0.717) is 17.1 Å². The van der Waals surface area contributed by atoms with Crippen LogP contribution in [-0.4, -0.2) is 42.4 Å². The van der Waals surface area contributed by atoms with Crippen LogP contribution in [0.5, 0.6) is 0 Å². The fourth-order valence-corrected chi connectivity index (χ4v) is 2.86. The molecule has 0 atom stereocenters. The maximum Gasteiger partial charge on any atom is 0.325 e. The van der Waals surface area contributed by atoms with E-state index in [9.17, 15) is 14.4 Å². The summed E-state index contributed by atoms with van der Waals surface area (Å²) in [7, 11) is 0. The van der Waals surface area contributed by atoms with Crippen molar-refractivity contribution in [1.82, 2.24) is 10.2 Å². The molecule has 7 heteroatoms. The van der Waals surface area contributed by atoms with Crippen molar-refractivity contribution >= 4 is 29.4 Å². The van der Waals surface area contributed by atoms with E-state index in [-0.39, 0.29) is 19.1 Å². The van der Waals surface area contributed by atoms with Gasteiger partial charge in [0.15, 0.2) is 6.61 Å². The van der Waals surface area contributed by atoms with Crippen molar-refractivity contribution in [2.75, 3.05) is 19.7 Å². The number of nitrogens with zero attached hydrogens (tertiary/aromatic N) is 1. The van der Waals surface area contributed by atoms with E-state index in [0.717, 1.165) is 31.4 Å². The Bertz CT molecular complexity index is 685. The molecule has 2 rings (SSSR count). The lowest BCUT2D eigenvalue weighted by Crippen LogP contribution is -2.36. The zero-order valence-corrected chi connectivity index (χ0v) is 15.6. The molecule has 1 aliphatic carbocycles. The van der Waals surface area contributed by atoms with E-state index >= 15 is 0 Å². The normalized spacial score (nSPS) is 13.5. The standard InChI is InChI=1S/C19H23ClN2O4/c1-2-22(16-6-4-3-5-7-16)17(23)13-26-18(24)12-21-19(25)14-8-10-15(20)11-9-14/h6,8-11H,2-5,7,12-13H2,1H3,(H,21,25). The number of hydrogen-bond acceptors (Lipinski definition) is 4. The molecular weight excluding hydrogens is 356 g/mol. The van der Waals surface area contributed by atoms with Gasteiger partial charge in [-0.15, -0.1) is 0 Å². The third-order valence-electron chi connectivity index (χ3n) is 4.09. The van der Waals surface area contributed by atoms with Gasteiger partial charge in [-0.3, -0.25) is 14.4 Å². The summed E-state index contributed by atoms with van der Waals surface area (Å²) >= 11 is 5.76. The number of carbonyl (C=O) groups is 3. The molecule has 0 heterocycles. The average molecular weight is 379 g/mol. The fourth-order valence-electron chi connectivity index (χ4n) is 2.73. The Labute approximate surface area is 158 Å². The van der Waals surface area contributed by atoms with Gasteiger partial charge in [-0.2, -0.15) is 0 Å². The van der Waals surface area contributed by atoms with Gasteiger partial charge in [0.2, 0.25) is 0 Å². The highest BCUT2D eigenvalue weighted by Gasteiger charge is 2.19. The van der Waals surface area contributed by atoms with Gasteiger partial charge in [0, 0.05) is 22.8 Å². The monoisotopic (exact) mass is 378 g/mol. The van der Waals surface area contributed by atoms with Gasteiger partial charge in [-0.05, 0) is 56.9 Å². The number of halogens is 1. The van der Waals surface area contributed by atoms with Crippen molar-refractivity contribution in [2.45, 2.75) is 32.6 Å². The van der Waals surface area contributed by atoms with Crippen LogP contribution < -0.4 is 5.32 Å². The first-order valence-corrected chi connectivity index (χ1v) is 9.08. The minimum absolute atomic E-state index is 0.252. The van der Waals surface area contributed by atoms with Gasteiger partial charge in [-0.1, -0.05) is 17.7 Å². The Morgan fingerprint density at radius 3 is 2.54 bits per heavy atom. The molecule has 0 fully saturated rings. The second kappa shape index (κ2) is 9.97. The quantitative estimate of drug-likeness (QED) is 0.740. The topological polar surface area (TPSA) is 75.7 Å². The van der Waals surface area contributed by atoms with Crippen LogP contribution >= 0.6 is 11.6 Å². The Morgan fingerprint density at radius 2 is 1.92 bits per heavy atom. The number of rotatable bonds is 7. The number of esters is 1. The highest BCUT2D eigenvalue weighted by atomic mass is 35.5. The van der Waals surface area contributed by atoms with Crippen molar-refractivity contribution in [2.24, 2.45) is 0 Å². The summed E-state index contributed by atoms with van der Waals surface area (Å²) in [6.45, 7) is 1.79. The molecule has 0 spiro atoms. The molecule has 1 aromatic rings. The molecule has 0 unspecified atom stereocenters. The molecule has 0 saturated carbocycles. The summed E-state index contributed by atoms with van der Waals surface area (Å²) in [6, 6.07) is 6.30. The number of likely N-dealkylation sites (N-methyl/N-ethyl adjacent to an activating group) is 1. The Morgan fingerprint density at radius 1 is 1.19 bits per heavy atom. The highest BCUT2D eigenvalue weighted by Crippen LogP contribution is 2.20. The van der Waals surface area contributed by atoms with Gasteiger partial charge in [0.05, 0.1) is 0 Å². The molecule has 0 aliphatic heterocycles. The van der Waals surface area contributed by atoms with E-state index in [1.165, 1.54) is 0 Å². The SMILES string of the molecule is CCN(C(=O)COC(=O)CNC(=O)c1ccc(Cl)cc1)C1=CCCCC1. The van der Waals surface area contributed by atoms with Crippen LogP contribution in [0.25, 0.3) is 0 Å². The van der Waals surface area contributed by atoms with E-state index in [2.05, 4.69) is 11.4 Å². The number of hydrogen-bond donors (Lipinski definition) is 1. The van der Waals surface area contributed by atoms with Crippen molar-refractivity contribution in [3.05, 3.63) is 46.6 Å². The molecule has 26 heavy (non-hydrogen) atoms. The maximum atomic E-state index is 12.3. The first kappa shape index (κ1) is 20.0. The molecule has 1 aliphatic rings. The summed E-state index contributed by atoms with van der Waals surface area (Å²) in [6.07, 6.45) is 6.10. The molecule has 0 aromatic heterocycles. The van der Waals surface area contributed by atoms with E-state index in [4.69, 9.17) is 16.3 Å². The van der Waals surface area contributed by atoms with Crippen LogP contribution in [0.15, 0.2) is 36.0 Å². The summed E-state index contributed by atoms with van der Waals surface area (Å²) < 4.78 is 4.99. The van der Waals surface area contributed by atoms with Gasteiger partial charge in [0.1, 0.15) is 6.54 Å². The summed E-state index contributed by atoms with van der Waals surface area (Å²) in [5.41, 5.74) is 1.38. The van der Waals surface area contributed by atoms with Crippen molar-refractivity contribution in [3.8, 4) is 0 Å². The lowest BCUT2D eigenvalue weighted by molar-refractivity contribution is -0.150. The molecule has 140 valence electrons. The molecule has 0 saturated heterocycles. The zero-order valence-electron chi connectivity index (χ0n) is 14.8. The largest absolute Gasteiger partial charge is 0.454 e. The maximum absolute atomic E-state index is 12.3. The fraction of sp³-hybridized carbons (Fsp3) is 0.421. The van der Waals surface area contributed by atoms with Crippen LogP contribution in [0, 0.1) is 0 Å². The highest BCUT2D eigenvalue weighted by molar-refractivity contribution is 6.30. The van der Waals surface area contributed by atoms with Crippen LogP contribution in [0.2, 0.25) is 5.02 Å². The minimum Gasteiger partial charge on any atom is -0.454 e. The average Bonchev–Trinajstić information content (AvgIpc) is 2.66. The van der Waals surface area contributed by atoms with Crippen LogP contribution in [0.3, 0.4) is 0 Å². The van der Waals surface area contributed by atoms with Gasteiger partial charge in [0.25, 0.3) is 11.8 Å².